The summed E-state index contributed by atoms with van der Waals surface area (Å²) in [5.74, 6) is -1.83. The second kappa shape index (κ2) is 7.11. The predicted octanol–water partition coefficient (Wildman–Crippen LogP) is 3.75. The van der Waals surface area contributed by atoms with Gasteiger partial charge in [0.15, 0.2) is 0 Å². The van der Waals surface area contributed by atoms with Crippen LogP contribution in [0.1, 0.15) is 37.1 Å². The number of carbonyl (C=O) groups excluding carboxylic acids is 2. The first kappa shape index (κ1) is 17.8. The van der Waals surface area contributed by atoms with Crippen LogP contribution in [0.3, 0.4) is 0 Å². The lowest BCUT2D eigenvalue weighted by Gasteiger charge is -2.35. The summed E-state index contributed by atoms with van der Waals surface area (Å²) in [6.07, 6.45) is 0. The number of anilines is 1. The predicted molar refractivity (Wildman–Crippen MR) is 93.5 cm³/mol. The molecule has 7 heteroatoms. The maximum Gasteiger partial charge on any atom is 0.322 e. The van der Waals surface area contributed by atoms with Crippen LogP contribution in [0.4, 0.5) is 19.3 Å². The van der Waals surface area contributed by atoms with Gasteiger partial charge >= 0.3 is 6.03 Å². The first-order valence-electron chi connectivity index (χ1n) is 8.27. The minimum Gasteiger partial charge on any atom is -0.348 e. The molecular formula is C19H19F2N3O2. The maximum absolute atomic E-state index is 13.8. The highest BCUT2D eigenvalue weighted by Gasteiger charge is 2.30. The van der Waals surface area contributed by atoms with E-state index in [0.717, 1.165) is 23.4 Å². The van der Waals surface area contributed by atoms with Gasteiger partial charge in [0.2, 0.25) is 5.91 Å². The van der Waals surface area contributed by atoms with Crippen molar-refractivity contribution in [1.29, 1.82) is 0 Å². The topological polar surface area (TPSA) is 61.4 Å². The van der Waals surface area contributed by atoms with E-state index in [1.54, 1.807) is 13.0 Å². The van der Waals surface area contributed by atoms with Crippen LogP contribution in [0.15, 0.2) is 42.5 Å². The lowest BCUT2D eigenvalue weighted by atomic mass is 10.0. The van der Waals surface area contributed by atoms with Gasteiger partial charge in [-0.1, -0.05) is 24.3 Å². The highest BCUT2D eigenvalue weighted by Crippen LogP contribution is 2.32. The number of hydrogen-bond donors (Lipinski definition) is 2. The number of nitrogens with one attached hydrogen (secondary N) is 2. The number of amides is 3. The van der Waals surface area contributed by atoms with Gasteiger partial charge in [0, 0.05) is 17.3 Å². The molecule has 3 rings (SSSR count). The minimum atomic E-state index is -0.726. The average Bonchev–Trinajstić information content (AvgIpc) is 2.58. The first-order valence-corrected chi connectivity index (χ1v) is 8.27. The van der Waals surface area contributed by atoms with Gasteiger partial charge in [-0.2, -0.15) is 0 Å². The summed E-state index contributed by atoms with van der Waals surface area (Å²) in [4.78, 5) is 26.0. The van der Waals surface area contributed by atoms with E-state index in [9.17, 15) is 18.4 Å². The highest BCUT2D eigenvalue weighted by molar-refractivity contribution is 5.95. The normalized spacial score (nSPS) is 17.3. The van der Waals surface area contributed by atoms with E-state index in [1.807, 2.05) is 25.1 Å². The van der Waals surface area contributed by atoms with Gasteiger partial charge in [-0.3, -0.25) is 4.79 Å². The molecule has 2 N–H and O–H groups in total. The third-order valence-corrected chi connectivity index (χ3v) is 4.50. The van der Waals surface area contributed by atoms with E-state index in [1.165, 1.54) is 11.0 Å². The van der Waals surface area contributed by atoms with Crippen LogP contribution in [-0.2, 0) is 4.79 Å². The molecule has 136 valence electrons. The Labute approximate surface area is 150 Å². The summed E-state index contributed by atoms with van der Waals surface area (Å²) in [5, 5.41) is 5.40. The summed E-state index contributed by atoms with van der Waals surface area (Å²) in [5.41, 5.74) is 1.82. The number of hydrogen-bond acceptors (Lipinski definition) is 2. The van der Waals surface area contributed by atoms with Crippen molar-refractivity contribution in [3.8, 4) is 0 Å². The molecule has 2 aromatic rings. The Morgan fingerprint density at radius 1 is 1.27 bits per heavy atom. The maximum atomic E-state index is 13.8. The Hall–Kier alpha value is -2.96. The van der Waals surface area contributed by atoms with E-state index in [-0.39, 0.29) is 24.2 Å². The fourth-order valence-corrected chi connectivity index (χ4v) is 3.09. The van der Waals surface area contributed by atoms with Crippen LogP contribution in [0.25, 0.3) is 0 Å². The number of halogens is 2. The van der Waals surface area contributed by atoms with Gasteiger partial charge in [-0.15, -0.1) is 0 Å². The molecule has 26 heavy (non-hydrogen) atoms. The highest BCUT2D eigenvalue weighted by atomic mass is 19.1. The molecular weight excluding hydrogens is 340 g/mol. The van der Waals surface area contributed by atoms with E-state index < -0.39 is 23.6 Å². The third-order valence-electron chi connectivity index (χ3n) is 4.50. The van der Waals surface area contributed by atoms with Crippen molar-refractivity contribution in [3.63, 3.8) is 0 Å². The number of fused-ring (bicyclic) bond motifs is 1. The summed E-state index contributed by atoms with van der Waals surface area (Å²) in [7, 11) is 0. The molecule has 0 aliphatic carbocycles. The van der Waals surface area contributed by atoms with E-state index in [0.29, 0.717) is 0 Å². The van der Waals surface area contributed by atoms with E-state index >= 15 is 0 Å². The van der Waals surface area contributed by atoms with Crippen molar-refractivity contribution < 1.29 is 18.4 Å². The molecule has 0 bridgehead atoms. The standard InChI is InChI=1S/C19H19F2N3O2/c1-11(14-8-7-13(20)9-16(14)21)22-18(25)10-24-12(2)15-5-3-4-6-17(15)23-19(24)26/h3-9,11-12H,10H2,1-2H3,(H,22,25)(H,23,26)/t11-,12-/m0/s1. The molecule has 0 fully saturated rings. The molecule has 0 saturated heterocycles. The average molecular weight is 359 g/mol. The summed E-state index contributed by atoms with van der Waals surface area (Å²) < 4.78 is 26.8. The van der Waals surface area contributed by atoms with Gasteiger partial charge in [-0.05, 0) is 31.5 Å². The van der Waals surface area contributed by atoms with Crippen LogP contribution in [-0.4, -0.2) is 23.4 Å². The van der Waals surface area contributed by atoms with Crippen LogP contribution in [0, 0.1) is 11.6 Å². The van der Waals surface area contributed by atoms with Crippen LogP contribution in [0.5, 0.6) is 0 Å². The molecule has 0 radical (unpaired) electrons. The zero-order chi connectivity index (χ0) is 18.8. The Kier molecular flexibility index (Phi) is 4.88. The Bertz CT molecular complexity index is 856. The van der Waals surface area contributed by atoms with Gasteiger partial charge < -0.3 is 15.5 Å². The van der Waals surface area contributed by atoms with Crippen molar-refractivity contribution in [3.05, 3.63) is 65.2 Å². The second-order valence-electron chi connectivity index (χ2n) is 6.28. The molecule has 2 aromatic carbocycles. The number of carbonyl (C=O) groups is 2. The first-order chi connectivity index (χ1) is 12.4. The third kappa shape index (κ3) is 3.51. The Balaban J connectivity index is 1.69. The molecule has 3 amide bonds. The van der Waals surface area contributed by atoms with Crippen LogP contribution in [0.2, 0.25) is 0 Å². The minimum absolute atomic E-state index is 0.172. The number of para-hydroxylation sites is 1. The largest absolute Gasteiger partial charge is 0.348 e. The lowest BCUT2D eigenvalue weighted by Crippen LogP contribution is -2.47. The van der Waals surface area contributed by atoms with Crippen molar-refractivity contribution >= 4 is 17.6 Å². The fraction of sp³-hybridized carbons (Fsp3) is 0.263. The number of urea groups is 1. The SMILES string of the molecule is C[C@H](NC(=O)CN1C(=O)Nc2ccccc2[C@@H]1C)c1ccc(F)cc1F. The van der Waals surface area contributed by atoms with E-state index in [4.69, 9.17) is 0 Å². The van der Waals surface area contributed by atoms with Gasteiger partial charge in [-0.25, -0.2) is 13.6 Å². The molecule has 1 aliphatic rings. The molecule has 5 nitrogen and oxygen atoms in total. The fourth-order valence-electron chi connectivity index (χ4n) is 3.09. The molecule has 1 aliphatic heterocycles. The van der Waals surface area contributed by atoms with Crippen molar-refractivity contribution in [2.24, 2.45) is 0 Å². The zero-order valence-electron chi connectivity index (χ0n) is 14.4. The van der Waals surface area contributed by atoms with Crippen LogP contribution < -0.4 is 10.6 Å². The zero-order valence-corrected chi connectivity index (χ0v) is 14.4. The molecule has 0 saturated carbocycles. The van der Waals surface area contributed by atoms with Crippen molar-refractivity contribution in [2.75, 3.05) is 11.9 Å². The van der Waals surface area contributed by atoms with Gasteiger partial charge in [0.1, 0.15) is 18.2 Å². The molecule has 0 aromatic heterocycles. The molecule has 2 atom stereocenters. The number of rotatable bonds is 4. The lowest BCUT2D eigenvalue weighted by molar-refractivity contribution is -0.122. The molecule has 1 heterocycles. The van der Waals surface area contributed by atoms with Gasteiger partial charge in [0.25, 0.3) is 0 Å². The summed E-state index contributed by atoms with van der Waals surface area (Å²) in [6, 6.07) is 9.29. The summed E-state index contributed by atoms with van der Waals surface area (Å²) in [6.45, 7) is 3.27. The second-order valence-corrected chi connectivity index (χ2v) is 6.28. The molecule has 0 unspecified atom stereocenters. The smallest absolute Gasteiger partial charge is 0.322 e. The Morgan fingerprint density at radius 2 is 2.00 bits per heavy atom. The van der Waals surface area contributed by atoms with Crippen LogP contribution >= 0.6 is 0 Å². The van der Waals surface area contributed by atoms with Gasteiger partial charge in [0.05, 0.1) is 12.1 Å². The monoisotopic (exact) mass is 359 g/mol. The van der Waals surface area contributed by atoms with Crippen molar-refractivity contribution in [2.45, 2.75) is 25.9 Å². The quantitative estimate of drug-likeness (QED) is 0.873. The number of benzene rings is 2. The Morgan fingerprint density at radius 3 is 2.73 bits per heavy atom. The summed E-state index contributed by atoms with van der Waals surface area (Å²) >= 11 is 0. The van der Waals surface area contributed by atoms with E-state index in [2.05, 4.69) is 10.6 Å². The molecule has 0 spiro atoms. The van der Waals surface area contributed by atoms with Crippen molar-refractivity contribution in [1.82, 2.24) is 10.2 Å². The number of nitrogens with zero attached hydrogens (tertiary/aromatic N) is 1.